The van der Waals surface area contributed by atoms with E-state index in [0.29, 0.717) is 0 Å². The average molecular weight is 577 g/mol. The fourth-order valence-electron chi connectivity index (χ4n) is 4.42. The predicted molar refractivity (Wildman–Crippen MR) is 132 cm³/mol. The van der Waals surface area contributed by atoms with Gasteiger partial charge < -0.3 is 74.4 Å². The molecule has 3 rings (SSSR count). The summed E-state index contributed by atoms with van der Waals surface area (Å²) in [6, 6.07) is 0. The lowest BCUT2D eigenvalue weighted by molar-refractivity contribution is -0.280. The highest BCUT2D eigenvalue weighted by atomic mass is 16.7. The Hall–Kier alpha value is -0.600. The summed E-state index contributed by atoms with van der Waals surface area (Å²) >= 11 is 0. The normalized spacial score (nSPS) is 46.4. The second kappa shape index (κ2) is 17.4. The van der Waals surface area contributed by atoms with Gasteiger partial charge in [-0.3, -0.25) is 0 Å². The standard InChI is InChI=1S/3C8H16O5/c3*1-4-5(3-9)13-8(12-2)7(11)6(4)10/h3*4-11H,3H2,1-2H3. The maximum absolute atomic E-state index is 9.53. The third kappa shape index (κ3) is 9.19. The quantitative estimate of drug-likeness (QED) is 0.147. The zero-order valence-electron chi connectivity index (χ0n) is 23.3. The molecule has 3 saturated heterocycles. The highest BCUT2D eigenvalue weighted by molar-refractivity contribution is 4.88. The number of aliphatic hydroxyl groups is 9. The Morgan fingerprint density at radius 2 is 0.641 bits per heavy atom. The van der Waals surface area contributed by atoms with Crippen LogP contribution in [0.3, 0.4) is 0 Å². The van der Waals surface area contributed by atoms with Crippen LogP contribution in [0.4, 0.5) is 0 Å². The van der Waals surface area contributed by atoms with E-state index in [0.717, 1.165) is 0 Å². The van der Waals surface area contributed by atoms with Crippen molar-refractivity contribution in [3.63, 3.8) is 0 Å². The van der Waals surface area contributed by atoms with E-state index in [1.165, 1.54) is 21.3 Å². The summed E-state index contributed by atoms with van der Waals surface area (Å²) in [5.41, 5.74) is 0. The van der Waals surface area contributed by atoms with E-state index in [2.05, 4.69) is 0 Å². The molecule has 3 aliphatic heterocycles. The molecule has 3 aliphatic rings. The van der Waals surface area contributed by atoms with Crippen LogP contribution in [0.2, 0.25) is 0 Å². The average Bonchev–Trinajstić information content (AvgIpc) is 2.95. The Labute approximate surface area is 228 Å². The van der Waals surface area contributed by atoms with Gasteiger partial charge >= 0.3 is 0 Å². The van der Waals surface area contributed by atoms with Crippen LogP contribution in [-0.4, -0.2) is 161 Å². The lowest BCUT2D eigenvalue weighted by Crippen LogP contribution is -2.55. The molecule has 0 aliphatic carbocycles. The summed E-state index contributed by atoms with van der Waals surface area (Å²) in [6.07, 6.45) is -9.94. The molecule has 15 unspecified atom stereocenters. The van der Waals surface area contributed by atoms with E-state index >= 15 is 0 Å². The number of methoxy groups -OCH3 is 3. The van der Waals surface area contributed by atoms with E-state index in [4.69, 9.17) is 43.7 Å². The van der Waals surface area contributed by atoms with Crippen molar-refractivity contribution in [2.45, 2.75) is 94.6 Å². The Bertz CT molecular complexity index is 513. The molecule has 3 fully saturated rings. The second-order valence-electron chi connectivity index (χ2n) is 9.90. The fraction of sp³-hybridized carbons (Fsp3) is 1.00. The van der Waals surface area contributed by atoms with Gasteiger partial charge in [0, 0.05) is 39.1 Å². The minimum absolute atomic E-state index is 0.190. The molecular formula is C24H48O15. The zero-order chi connectivity index (χ0) is 30.0. The number of rotatable bonds is 6. The molecule has 15 nitrogen and oxygen atoms in total. The van der Waals surface area contributed by atoms with Gasteiger partial charge in [0.1, 0.15) is 18.3 Å². The molecule has 0 aromatic rings. The van der Waals surface area contributed by atoms with Gasteiger partial charge in [0.15, 0.2) is 18.9 Å². The van der Waals surface area contributed by atoms with Gasteiger partial charge in [0.25, 0.3) is 0 Å². The summed E-state index contributed by atoms with van der Waals surface area (Å²) in [5.74, 6) is -0.899. The van der Waals surface area contributed by atoms with Gasteiger partial charge in [-0.1, -0.05) is 20.8 Å². The van der Waals surface area contributed by atoms with Crippen LogP contribution in [0, 0.1) is 17.8 Å². The molecule has 0 aromatic carbocycles. The predicted octanol–water partition coefficient (Wildman–Crippen LogP) is -3.88. The minimum atomic E-state index is -1.05. The lowest BCUT2D eigenvalue weighted by atomic mass is 9.91. The van der Waals surface area contributed by atoms with E-state index in [9.17, 15) is 30.6 Å². The Kier molecular flexibility index (Phi) is 16.2. The van der Waals surface area contributed by atoms with Gasteiger partial charge in [-0.2, -0.15) is 0 Å². The van der Waals surface area contributed by atoms with Gasteiger partial charge in [-0.25, -0.2) is 0 Å². The van der Waals surface area contributed by atoms with Crippen molar-refractivity contribution in [1.29, 1.82) is 0 Å². The van der Waals surface area contributed by atoms with E-state index in [1.807, 2.05) is 0 Å². The first-order chi connectivity index (χ1) is 18.3. The summed E-state index contributed by atoms with van der Waals surface area (Å²) in [5, 5.41) is 83.6. The summed E-state index contributed by atoms with van der Waals surface area (Å²) in [4.78, 5) is 0. The molecule has 39 heavy (non-hydrogen) atoms. The minimum Gasteiger partial charge on any atom is -0.394 e. The van der Waals surface area contributed by atoms with Crippen LogP contribution in [0.5, 0.6) is 0 Å². The zero-order valence-corrected chi connectivity index (χ0v) is 23.3. The first-order valence-corrected chi connectivity index (χ1v) is 12.8. The fourth-order valence-corrected chi connectivity index (χ4v) is 4.42. The highest BCUT2D eigenvalue weighted by Crippen LogP contribution is 2.27. The van der Waals surface area contributed by atoms with Crippen molar-refractivity contribution in [1.82, 2.24) is 0 Å². The third-order valence-corrected chi connectivity index (χ3v) is 7.43. The molecule has 0 amide bonds. The monoisotopic (exact) mass is 576 g/mol. The van der Waals surface area contributed by atoms with Crippen LogP contribution in [0.25, 0.3) is 0 Å². The van der Waals surface area contributed by atoms with E-state index in [-0.39, 0.29) is 37.6 Å². The maximum Gasteiger partial charge on any atom is 0.186 e. The van der Waals surface area contributed by atoms with Gasteiger partial charge in [0.2, 0.25) is 0 Å². The van der Waals surface area contributed by atoms with Gasteiger partial charge in [-0.15, -0.1) is 0 Å². The number of aliphatic hydroxyl groups excluding tert-OH is 9. The van der Waals surface area contributed by atoms with Crippen molar-refractivity contribution < 1.29 is 74.4 Å². The van der Waals surface area contributed by atoms with Crippen molar-refractivity contribution in [2.75, 3.05) is 41.2 Å². The summed E-state index contributed by atoms with van der Waals surface area (Å²) < 4.78 is 30.0. The van der Waals surface area contributed by atoms with Crippen molar-refractivity contribution in [3.05, 3.63) is 0 Å². The molecule has 9 N–H and O–H groups in total. The second-order valence-corrected chi connectivity index (χ2v) is 9.90. The summed E-state index contributed by atoms with van der Waals surface area (Å²) in [6.45, 7) is 4.56. The molecule has 234 valence electrons. The van der Waals surface area contributed by atoms with Crippen LogP contribution >= 0.6 is 0 Å². The molecule has 15 atom stereocenters. The number of hydrogen-bond acceptors (Lipinski definition) is 15. The molecule has 0 aromatic heterocycles. The number of ether oxygens (including phenoxy) is 6. The lowest BCUT2D eigenvalue weighted by Gasteiger charge is -2.40. The maximum atomic E-state index is 9.53. The molecular weight excluding hydrogens is 528 g/mol. The summed E-state index contributed by atoms with van der Waals surface area (Å²) in [7, 11) is 4.14. The first kappa shape index (κ1) is 36.4. The van der Waals surface area contributed by atoms with Crippen molar-refractivity contribution in [2.24, 2.45) is 17.8 Å². The third-order valence-electron chi connectivity index (χ3n) is 7.43. The Morgan fingerprint density at radius 3 is 0.795 bits per heavy atom. The van der Waals surface area contributed by atoms with Crippen LogP contribution < -0.4 is 0 Å². The van der Waals surface area contributed by atoms with Crippen molar-refractivity contribution >= 4 is 0 Å². The molecule has 0 saturated carbocycles. The van der Waals surface area contributed by atoms with Crippen LogP contribution in [-0.2, 0) is 28.4 Å². The van der Waals surface area contributed by atoms with Gasteiger partial charge in [-0.05, 0) is 0 Å². The Morgan fingerprint density at radius 1 is 0.436 bits per heavy atom. The molecule has 0 radical (unpaired) electrons. The van der Waals surface area contributed by atoms with Gasteiger partial charge in [0.05, 0.1) is 56.4 Å². The molecule has 15 heteroatoms. The largest absolute Gasteiger partial charge is 0.394 e. The highest BCUT2D eigenvalue weighted by Gasteiger charge is 2.43. The van der Waals surface area contributed by atoms with Crippen LogP contribution in [0.15, 0.2) is 0 Å². The van der Waals surface area contributed by atoms with E-state index in [1.54, 1.807) is 20.8 Å². The van der Waals surface area contributed by atoms with E-state index < -0.39 is 73.8 Å². The first-order valence-electron chi connectivity index (χ1n) is 12.8. The molecule has 0 spiro atoms. The Balaban J connectivity index is 0.000000292. The smallest absolute Gasteiger partial charge is 0.186 e. The van der Waals surface area contributed by atoms with Crippen molar-refractivity contribution in [3.8, 4) is 0 Å². The molecule has 0 bridgehead atoms. The van der Waals surface area contributed by atoms with Crippen LogP contribution in [0.1, 0.15) is 20.8 Å². The topological polar surface area (TPSA) is 237 Å². The number of hydrogen-bond donors (Lipinski definition) is 9. The SMILES string of the molecule is COC1OC(CO)C(C)C(O)C1O.COC1OC(CO)C(C)C(O)C1O.COC1OC(CO)C(C)C(O)C1O. The molecule has 3 heterocycles.